The first kappa shape index (κ1) is 14.2. The molecular formula is C18H23N3. The lowest BCUT2D eigenvalue weighted by molar-refractivity contribution is 0.316. The molecule has 0 radical (unpaired) electrons. The van der Waals surface area contributed by atoms with Crippen LogP contribution in [0, 0.1) is 5.92 Å². The lowest BCUT2D eigenvalue weighted by atomic mass is 10.1. The first-order valence-corrected chi connectivity index (χ1v) is 7.70. The van der Waals surface area contributed by atoms with Crippen LogP contribution < -0.4 is 5.32 Å². The van der Waals surface area contributed by atoms with Gasteiger partial charge in [0.25, 0.3) is 0 Å². The highest BCUT2D eigenvalue weighted by molar-refractivity contribution is 5.15. The molecule has 0 aliphatic carbocycles. The van der Waals surface area contributed by atoms with Crippen molar-refractivity contribution in [2.24, 2.45) is 5.92 Å². The van der Waals surface area contributed by atoms with Gasteiger partial charge in [-0.05, 0) is 29.2 Å². The molecule has 1 aromatic carbocycles. The SMILES string of the molecule is C[C@@H]1CN(Cc2ccccc2)C[C@@H]1NCc1ccncc1. The van der Waals surface area contributed by atoms with Gasteiger partial charge in [0.2, 0.25) is 0 Å². The monoisotopic (exact) mass is 281 g/mol. The number of rotatable bonds is 5. The van der Waals surface area contributed by atoms with Crippen LogP contribution in [-0.2, 0) is 13.1 Å². The van der Waals surface area contributed by atoms with E-state index in [2.05, 4.69) is 64.6 Å². The van der Waals surface area contributed by atoms with E-state index in [1.54, 1.807) is 0 Å². The molecule has 2 aromatic rings. The van der Waals surface area contributed by atoms with Crippen molar-refractivity contribution >= 4 is 0 Å². The third-order valence-electron chi connectivity index (χ3n) is 4.25. The normalized spacial score (nSPS) is 22.5. The minimum absolute atomic E-state index is 0.571. The standard InChI is InChI=1S/C18H23N3/c1-15-12-21(13-17-5-3-2-4-6-17)14-18(15)20-11-16-7-9-19-10-8-16/h2-10,15,18,20H,11-14H2,1H3/t15-,18+/m1/s1. The summed E-state index contributed by atoms with van der Waals surface area (Å²) in [7, 11) is 0. The summed E-state index contributed by atoms with van der Waals surface area (Å²) < 4.78 is 0. The van der Waals surface area contributed by atoms with E-state index in [0.717, 1.165) is 19.6 Å². The number of pyridine rings is 1. The largest absolute Gasteiger partial charge is 0.308 e. The van der Waals surface area contributed by atoms with Crippen molar-refractivity contribution in [3.05, 3.63) is 66.0 Å². The third-order valence-corrected chi connectivity index (χ3v) is 4.25. The Hall–Kier alpha value is -1.71. The van der Waals surface area contributed by atoms with E-state index in [9.17, 15) is 0 Å². The van der Waals surface area contributed by atoms with Crippen molar-refractivity contribution < 1.29 is 0 Å². The first-order valence-electron chi connectivity index (χ1n) is 7.70. The van der Waals surface area contributed by atoms with Gasteiger partial charge < -0.3 is 5.32 Å². The summed E-state index contributed by atoms with van der Waals surface area (Å²) in [6.07, 6.45) is 3.72. The lowest BCUT2D eigenvalue weighted by Crippen LogP contribution is -2.34. The molecule has 3 rings (SSSR count). The van der Waals surface area contributed by atoms with Gasteiger partial charge in [0.15, 0.2) is 0 Å². The second-order valence-electron chi connectivity index (χ2n) is 6.00. The van der Waals surface area contributed by atoms with Gasteiger partial charge in [0.1, 0.15) is 0 Å². The van der Waals surface area contributed by atoms with Crippen molar-refractivity contribution in [1.82, 2.24) is 15.2 Å². The Morgan fingerprint density at radius 2 is 1.81 bits per heavy atom. The molecule has 3 heteroatoms. The van der Waals surface area contributed by atoms with E-state index < -0.39 is 0 Å². The fourth-order valence-corrected chi connectivity index (χ4v) is 3.05. The number of nitrogens with zero attached hydrogens (tertiary/aromatic N) is 2. The summed E-state index contributed by atoms with van der Waals surface area (Å²) in [5.74, 6) is 0.690. The number of hydrogen-bond donors (Lipinski definition) is 1. The quantitative estimate of drug-likeness (QED) is 0.913. The molecule has 1 aliphatic rings. The molecule has 21 heavy (non-hydrogen) atoms. The summed E-state index contributed by atoms with van der Waals surface area (Å²) in [4.78, 5) is 6.61. The zero-order valence-electron chi connectivity index (χ0n) is 12.6. The fraction of sp³-hybridized carbons (Fsp3) is 0.389. The van der Waals surface area contributed by atoms with Crippen molar-refractivity contribution in [1.29, 1.82) is 0 Å². The second kappa shape index (κ2) is 6.83. The molecule has 110 valence electrons. The van der Waals surface area contributed by atoms with Gasteiger partial charge in [-0.3, -0.25) is 9.88 Å². The molecule has 0 saturated carbocycles. The third kappa shape index (κ3) is 3.90. The van der Waals surface area contributed by atoms with Crippen LogP contribution in [0.25, 0.3) is 0 Å². The average molecular weight is 281 g/mol. The van der Waals surface area contributed by atoms with E-state index in [1.165, 1.54) is 17.7 Å². The van der Waals surface area contributed by atoms with E-state index in [0.29, 0.717) is 12.0 Å². The highest BCUT2D eigenvalue weighted by atomic mass is 15.2. The summed E-state index contributed by atoms with van der Waals surface area (Å²) >= 11 is 0. The maximum atomic E-state index is 4.06. The van der Waals surface area contributed by atoms with Crippen molar-refractivity contribution in [2.75, 3.05) is 13.1 Å². The zero-order chi connectivity index (χ0) is 14.5. The maximum Gasteiger partial charge on any atom is 0.0271 e. The van der Waals surface area contributed by atoms with E-state index in [1.807, 2.05) is 12.4 Å². The number of benzene rings is 1. The number of nitrogens with one attached hydrogen (secondary N) is 1. The molecule has 1 aromatic heterocycles. The second-order valence-corrected chi connectivity index (χ2v) is 6.00. The Balaban J connectivity index is 1.51. The molecule has 1 saturated heterocycles. The van der Waals surface area contributed by atoms with E-state index in [4.69, 9.17) is 0 Å². The van der Waals surface area contributed by atoms with Crippen molar-refractivity contribution in [3.8, 4) is 0 Å². The van der Waals surface area contributed by atoms with Gasteiger partial charge >= 0.3 is 0 Å². The molecule has 1 fully saturated rings. The number of aromatic nitrogens is 1. The minimum Gasteiger partial charge on any atom is -0.308 e. The Morgan fingerprint density at radius 1 is 1.05 bits per heavy atom. The molecular weight excluding hydrogens is 258 g/mol. The van der Waals surface area contributed by atoms with Crippen LogP contribution in [0.2, 0.25) is 0 Å². The molecule has 0 spiro atoms. The minimum atomic E-state index is 0.571. The predicted molar refractivity (Wildman–Crippen MR) is 85.7 cm³/mol. The summed E-state index contributed by atoms with van der Waals surface area (Å²) in [6, 6.07) is 15.5. The predicted octanol–water partition coefficient (Wildman–Crippen LogP) is 2.69. The van der Waals surface area contributed by atoms with Crippen LogP contribution in [0.5, 0.6) is 0 Å². The Morgan fingerprint density at radius 3 is 2.57 bits per heavy atom. The van der Waals surface area contributed by atoms with Crippen LogP contribution in [-0.4, -0.2) is 29.0 Å². The van der Waals surface area contributed by atoms with Gasteiger partial charge in [0, 0.05) is 44.6 Å². The summed E-state index contributed by atoms with van der Waals surface area (Å²) in [5, 5.41) is 3.69. The highest BCUT2D eigenvalue weighted by Crippen LogP contribution is 2.19. The molecule has 1 aliphatic heterocycles. The van der Waals surface area contributed by atoms with Gasteiger partial charge in [-0.2, -0.15) is 0 Å². The topological polar surface area (TPSA) is 28.2 Å². The Kier molecular flexibility index (Phi) is 4.63. The smallest absolute Gasteiger partial charge is 0.0271 e. The van der Waals surface area contributed by atoms with Gasteiger partial charge in [-0.1, -0.05) is 37.3 Å². The van der Waals surface area contributed by atoms with Crippen molar-refractivity contribution in [3.63, 3.8) is 0 Å². The Labute approximate surface area is 127 Å². The van der Waals surface area contributed by atoms with Crippen LogP contribution >= 0.6 is 0 Å². The van der Waals surface area contributed by atoms with Gasteiger partial charge in [-0.25, -0.2) is 0 Å². The fourth-order valence-electron chi connectivity index (χ4n) is 3.05. The molecule has 0 unspecified atom stereocenters. The molecule has 2 atom stereocenters. The van der Waals surface area contributed by atoms with Crippen LogP contribution in [0.3, 0.4) is 0 Å². The average Bonchev–Trinajstić information content (AvgIpc) is 2.87. The summed E-state index contributed by atoms with van der Waals surface area (Å²) in [6.45, 7) is 6.62. The van der Waals surface area contributed by atoms with Crippen LogP contribution in [0.15, 0.2) is 54.9 Å². The van der Waals surface area contributed by atoms with Gasteiger partial charge in [-0.15, -0.1) is 0 Å². The van der Waals surface area contributed by atoms with Crippen molar-refractivity contribution in [2.45, 2.75) is 26.1 Å². The highest BCUT2D eigenvalue weighted by Gasteiger charge is 2.28. The summed E-state index contributed by atoms with van der Waals surface area (Å²) in [5.41, 5.74) is 2.71. The van der Waals surface area contributed by atoms with Crippen LogP contribution in [0.1, 0.15) is 18.1 Å². The Bertz CT molecular complexity index is 541. The molecule has 0 amide bonds. The number of likely N-dealkylation sites (tertiary alicyclic amines) is 1. The number of hydrogen-bond acceptors (Lipinski definition) is 3. The van der Waals surface area contributed by atoms with E-state index >= 15 is 0 Å². The van der Waals surface area contributed by atoms with Gasteiger partial charge in [0.05, 0.1) is 0 Å². The van der Waals surface area contributed by atoms with Crippen LogP contribution in [0.4, 0.5) is 0 Å². The first-order chi connectivity index (χ1) is 10.3. The molecule has 2 heterocycles. The molecule has 0 bridgehead atoms. The van der Waals surface area contributed by atoms with E-state index in [-0.39, 0.29) is 0 Å². The zero-order valence-corrected chi connectivity index (χ0v) is 12.6. The maximum absolute atomic E-state index is 4.06. The molecule has 3 nitrogen and oxygen atoms in total. The molecule has 1 N–H and O–H groups in total. The lowest BCUT2D eigenvalue weighted by Gasteiger charge is -2.17.